The fraction of sp³-hybridized carbons (Fsp3) is 0.240. The van der Waals surface area contributed by atoms with Crippen LogP contribution >= 0.6 is 0 Å². The van der Waals surface area contributed by atoms with Gasteiger partial charge in [0, 0.05) is 24.2 Å². The summed E-state index contributed by atoms with van der Waals surface area (Å²) >= 11 is 0. The molecule has 0 aliphatic rings. The minimum absolute atomic E-state index is 0.168. The topological polar surface area (TPSA) is 29.1 Å². The minimum Gasteiger partial charge on any atom is -0.385 e. The molecular formula is C25H27NO. The quantitative estimate of drug-likeness (QED) is 0.450. The van der Waals surface area contributed by atoms with E-state index in [2.05, 4.69) is 48.6 Å². The number of hydrogen-bond acceptors (Lipinski definition) is 2. The molecule has 1 N–H and O–H groups in total. The van der Waals surface area contributed by atoms with Crippen molar-refractivity contribution in [1.29, 1.82) is 0 Å². The molecule has 0 saturated heterocycles. The maximum Gasteiger partial charge on any atom is 0.164 e. The van der Waals surface area contributed by atoms with Gasteiger partial charge >= 0.3 is 0 Å². The van der Waals surface area contributed by atoms with Crippen molar-refractivity contribution in [2.45, 2.75) is 32.6 Å². The van der Waals surface area contributed by atoms with Crippen LogP contribution in [0.1, 0.15) is 42.1 Å². The van der Waals surface area contributed by atoms with Gasteiger partial charge in [-0.05, 0) is 41.7 Å². The van der Waals surface area contributed by atoms with Gasteiger partial charge in [-0.2, -0.15) is 0 Å². The largest absolute Gasteiger partial charge is 0.385 e. The summed E-state index contributed by atoms with van der Waals surface area (Å²) in [7, 11) is 0. The van der Waals surface area contributed by atoms with Crippen LogP contribution in [0.3, 0.4) is 0 Å². The van der Waals surface area contributed by atoms with Gasteiger partial charge in [0.15, 0.2) is 5.78 Å². The van der Waals surface area contributed by atoms with Crippen LogP contribution in [0.4, 0.5) is 5.69 Å². The number of ketones is 1. The molecule has 3 aromatic rings. The first-order chi connectivity index (χ1) is 13.3. The number of benzene rings is 3. The normalized spacial score (nSPS) is 10.6. The first-order valence-electron chi connectivity index (χ1n) is 9.78. The fourth-order valence-electron chi connectivity index (χ4n) is 3.11. The van der Waals surface area contributed by atoms with Crippen LogP contribution < -0.4 is 5.32 Å². The second-order valence-electron chi connectivity index (χ2n) is 6.84. The minimum atomic E-state index is 0.168. The van der Waals surface area contributed by atoms with Crippen LogP contribution in [0.5, 0.6) is 0 Å². The zero-order chi connectivity index (χ0) is 18.9. The molecule has 0 bridgehead atoms. The van der Waals surface area contributed by atoms with Crippen molar-refractivity contribution in [2.24, 2.45) is 0 Å². The third-order valence-corrected chi connectivity index (χ3v) is 4.77. The molecule has 3 rings (SSSR count). The molecule has 2 heteroatoms. The summed E-state index contributed by atoms with van der Waals surface area (Å²) in [5.41, 5.74) is 5.51. The molecule has 0 aliphatic carbocycles. The predicted molar refractivity (Wildman–Crippen MR) is 114 cm³/mol. The molecule has 0 unspecified atom stereocenters. The fourth-order valence-corrected chi connectivity index (χ4v) is 3.11. The van der Waals surface area contributed by atoms with E-state index in [0.29, 0.717) is 13.0 Å². The van der Waals surface area contributed by atoms with Crippen molar-refractivity contribution >= 4 is 11.5 Å². The number of Topliss-reactive ketones (excluding diaryl/α,β-unsaturated/α-hetero) is 1. The van der Waals surface area contributed by atoms with Crippen LogP contribution in [0, 0.1) is 0 Å². The standard InChI is InChI=1S/C25H27NO/c1-2-3-7-20-10-16-24(17-11-20)26-19-18-25(27)23-14-12-22(13-15-23)21-8-5-4-6-9-21/h4-6,8-17,26H,2-3,7,18-19H2,1H3. The SMILES string of the molecule is CCCCc1ccc(NCCC(=O)c2ccc(-c3ccccc3)cc2)cc1. The Morgan fingerprint density at radius 2 is 1.48 bits per heavy atom. The maximum absolute atomic E-state index is 12.4. The van der Waals surface area contributed by atoms with Crippen LogP contribution in [0.2, 0.25) is 0 Å². The number of carbonyl (C=O) groups is 1. The first kappa shape index (κ1) is 18.9. The summed E-state index contributed by atoms with van der Waals surface area (Å²) in [5, 5.41) is 3.35. The number of rotatable bonds is 9. The average molecular weight is 357 g/mol. The van der Waals surface area contributed by atoms with E-state index in [1.54, 1.807) is 0 Å². The Morgan fingerprint density at radius 3 is 2.15 bits per heavy atom. The van der Waals surface area contributed by atoms with Crippen molar-refractivity contribution in [3.8, 4) is 11.1 Å². The molecule has 0 spiro atoms. The lowest BCUT2D eigenvalue weighted by atomic mass is 10.0. The van der Waals surface area contributed by atoms with E-state index in [9.17, 15) is 4.79 Å². The van der Waals surface area contributed by atoms with E-state index in [0.717, 1.165) is 23.2 Å². The summed E-state index contributed by atoms with van der Waals surface area (Å²) in [6.45, 7) is 2.86. The maximum atomic E-state index is 12.4. The molecule has 0 amide bonds. The molecule has 0 radical (unpaired) electrons. The summed E-state index contributed by atoms with van der Waals surface area (Å²) in [5.74, 6) is 0.168. The van der Waals surface area contributed by atoms with Crippen molar-refractivity contribution in [2.75, 3.05) is 11.9 Å². The summed E-state index contributed by atoms with van der Waals surface area (Å²) in [6, 6.07) is 26.6. The van der Waals surface area contributed by atoms with Crippen LogP contribution in [-0.2, 0) is 6.42 Å². The number of carbonyl (C=O) groups excluding carboxylic acids is 1. The molecule has 0 atom stereocenters. The van der Waals surface area contributed by atoms with Gasteiger partial charge in [0.2, 0.25) is 0 Å². The first-order valence-corrected chi connectivity index (χ1v) is 9.78. The van der Waals surface area contributed by atoms with Gasteiger partial charge in [0.25, 0.3) is 0 Å². The number of aryl methyl sites for hydroxylation is 1. The monoisotopic (exact) mass is 357 g/mol. The summed E-state index contributed by atoms with van der Waals surface area (Å²) < 4.78 is 0. The van der Waals surface area contributed by atoms with Crippen molar-refractivity contribution in [1.82, 2.24) is 0 Å². The number of unbranched alkanes of at least 4 members (excludes halogenated alkanes) is 1. The van der Waals surface area contributed by atoms with Crippen molar-refractivity contribution < 1.29 is 4.79 Å². The Kier molecular flexibility index (Phi) is 6.81. The second kappa shape index (κ2) is 9.72. The predicted octanol–water partition coefficient (Wildman–Crippen LogP) is 6.38. The molecular weight excluding hydrogens is 330 g/mol. The smallest absolute Gasteiger partial charge is 0.164 e. The van der Waals surface area contributed by atoms with Gasteiger partial charge in [-0.3, -0.25) is 4.79 Å². The Hall–Kier alpha value is -2.87. The Labute approximate surface area is 162 Å². The molecule has 0 fully saturated rings. The lowest BCUT2D eigenvalue weighted by Gasteiger charge is -2.08. The van der Waals surface area contributed by atoms with Gasteiger partial charge in [0.05, 0.1) is 0 Å². The number of nitrogens with one attached hydrogen (secondary N) is 1. The van der Waals surface area contributed by atoms with E-state index < -0.39 is 0 Å². The molecule has 138 valence electrons. The van der Waals surface area contributed by atoms with Gasteiger partial charge in [-0.15, -0.1) is 0 Å². The van der Waals surface area contributed by atoms with Crippen LogP contribution in [0.15, 0.2) is 78.9 Å². The zero-order valence-electron chi connectivity index (χ0n) is 15.9. The molecule has 27 heavy (non-hydrogen) atoms. The average Bonchev–Trinajstić information content (AvgIpc) is 2.74. The van der Waals surface area contributed by atoms with Gasteiger partial charge < -0.3 is 5.32 Å². The third kappa shape index (κ3) is 5.55. The van der Waals surface area contributed by atoms with Crippen molar-refractivity contribution in [3.05, 3.63) is 90.0 Å². The van der Waals surface area contributed by atoms with E-state index >= 15 is 0 Å². The summed E-state index contributed by atoms with van der Waals surface area (Å²) in [6.07, 6.45) is 4.06. The van der Waals surface area contributed by atoms with E-state index in [1.165, 1.54) is 24.0 Å². The highest BCUT2D eigenvalue weighted by molar-refractivity contribution is 5.96. The highest BCUT2D eigenvalue weighted by Crippen LogP contribution is 2.20. The highest BCUT2D eigenvalue weighted by Gasteiger charge is 2.06. The van der Waals surface area contributed by atoms with Gasteiger partial charge in [-0.25, -0.2) is 0 Å². The molecule has 0 saturated carbocycles. The van der Waals surface area contributed by atoms with Gasteiger partial charge in [-0.1, -0.05) is 80.1 Å². The highest BCUT2D eigenvalue weighted by atomic mass is 16.1. The number of anilines is 1. The molecule has 2 nitrogen and oxygen atoms in total. The van der Waals surface area contributed by atoms with E-state index in [-0.39, 0.29) is 5.78 Å². The lowest BCUT2D eigenvalue weighted by Crippen LogP contribution is -2.08. The third-order valence-electron chi connectivity index (χ3n) is 4.77. The Bertz CT molecular complexity index is 836. The Morgan fingerprint density at radius 1 is 0.815 bits per heavy atom. The van der Waals surface area contributed by atoms with Crippen molar-refractivity contribution in [3.63, 3.8) is 0 Å². The molecule has 3 aromatic carbocycles. The van der Waals surface area contributed by atoms with E-state index in [1.807, 2.05) is 42.5 Å². The second-order valence-corrected chi connectivity index (χ2v) is 6.84. The van der Waals surface area contributed by atoms with E-state index in [4.69, 9.17) is 0 Å². The molecule has 0 aliphatic heterocycles. The van der Waals surface area contributed by atoms with Crippen LogP contribution in [-0.4, -0.2) is 12.3 Å². The summed E-state index contributed by atoms with van der Waals surface area (Å²) in [4.78, 5) is 12.4. The molecule has 0 aromatic heterocycles. The lowest BCUT2D eigenvalue weighted by molar-refractivity contribution is 0.0986. The van der Waals surface area contributed by atoms with Gasteiger partial charge in [0.1, 0.15) is 0 Å². The Balaban J connectivity index is 1.49. The number of hydrogen-bond donors (Lipinski definition) is 1. The zero-order valence-corrected chi connectivity index (χ0v) is 15.9. The molecule has 0 heterocycles. The van der Waals surface area contributed by atoms with Crippen LogP contribution in [0.25, 0.3) is 11.1 Å².